The maximum Gasteiger partial charge on any atom is 0.379 e. The molecule has 0 atom stereocenters. The summed E-state index contributed by atoms with van der Waals surface area (Å²) in [6.07, 6.45) is 0. The number of halogens is 8. The van der Waals surface area contributed by atoms with Crippen LogP contribution in [0.5, 0.6) is 0 Å². The van der Waals surface area contributed by atoms with Crippen molar-refractivity contribution in [2.45, 2.75) is 6.68 Å². The zero-order chi connectivity index (χ0) is 13.0. The Labute approximate surface area is 83.5 Å². The fourth-order valence-corrected chi connectivity index (χ4v) is 0.622. The smallest absolute Gasteiger partial charge is 0.379 e. The second-order valence-electron chi connectivity index (χ2n) is 2.23. The van der Waals surface area contributed by atoms with Crippen LogP contribution in [0.15, 0.2) is 0 Å². The third kappa shape index (κ3) is 3.24. The molecule has 1 aromatic carbocycles. The first-order valence-electron chi connectivity index (χ1n) is 3.39. The van der Waals surface area contributed by atoms with E-state index in [0.29, 0.717) is 0 Å². The van der Waals surface area contributed by atoms with Crippen molar-refractivity contribution in [2.75, 3.05) is 5.73 Å². The van der Waals surface area contributed by atoms with Crippen LogP contribution in [0.2, 0.25) is 0 Å². The largest absolute Gasteiger partial charge is 0.394 e. The zero-order valence-corrected chi connectivity index (χ0v) is 7.18. The lowest BCUT2D eigenvalue weighted by atomic mass is 10.2. The number of nitrogens with two attached hydrogens (primary N) is 1. The van der Waals surface area contributed by atoms with Crippen molar-refractivity contribution < 1.29 is 35.1 Å². The van der Waals surface area contributed by atoms with Gasteiger partial charge in [-0.1, -0.05) is 0 Å². The summed E-state index contributed by atoms with van der Waals surface area (Å²) in [5.41, 5.74) is 3.19. The molecule has 0 aliphatic rings. The van der Waals surface area contributed by atoms with Crippen molar-refractivity contribution in [3.05, 3.63) is 29.1 Å². The third-order valence-corrected chi connectivity index (χ3v) is 1.24. The lowest BCUT2D eigenvalue weighted by Crippen LogP contribution is -2.05. The standard InChI is InChI=1S/C6H2F5N.CHF3/c7-1-2(8)4(10)6(12)5(11)3(1)9;2-1(3)4/h12H2;1H. The Bertz CT molecular complexity index is 269. The van der Waals surface area contributed by atoms with Gasteiger partial charge < -0.3 is 5.73 Å². The van der Waals surface area contributed by atoms with Crippen molar-refractivity contribution in [3.8, 4) is 0 Å². The lowest BCUT2D eigenvalue weighted by molar-refractivity contribution is 0.00819. The number of anilines is 1. The number of hydrogen-bond acceptors (Lipinski definition) is 1. The minimum atomic E-state index is -3.67. The average Bonchev–Trinajstić information content (AvgIpc) is 2.20. The summed E-state index contributed by atoms with van der Waals surface area (Å²) in [6, 6.07) is 0. The van der Waals surface area contributed by atoms with Crippen molar-refractivity contribution in [1.82, 2.24) is 0 Å². The van der Waals surface area contributed by atoms with Gasteiger partial charge in [0.05, 0.1) is 0 Å². The molecule has 1 rings (SSSR count). The molecule has 0 saturated carbocycles. The molecule has 0 aliphatic carbocycles. The molecule has 1 aromatic rings. The van der Waals surface area contributed by atoms with Gasteiger partial charge in [-0.15, -0.1) is 0 Å². The van der Waals surface area contributed by atoms with E-state index >= 15 is 0 Å². The van der Waals surface area contributed by atoms with E-state index in [1.165, 1.54) is 0 Å². The van der Waals surface area contributed by atoms with Crippen LogP contribution in [0.1, 0.15) is 0 Å². The molecule has 0 unspecified atom stereocenters. The van der Waals surface area contributed by atoms with E-state index in [-0.39, 0.29) is 0 Å². The Morgan fingerprint density at radius 1 is 0.625 bits per heavy atom. The van der Waals surface area contributed by atoms with Crippen LogP contribution in [0.3, 0.4) is 0 Å². The molecule has 92 valence electrons. The molecule has 0 aliphatic heterocycles. The Kier molecular flexibility index (Phi) is 4.99. The number of alkyl halides is 3. The highest BCUT2D eigenvalue weighted by Gasteiger charge is 2.23. The Morgan fingerprint density at radius 3 is 1.06 bits per heavy atom. The topological polar surface area (TPSA) is 26.0 Å². The number of benzene rings is 1. The highest BCUT2D eigenvalue weighted by atomic mass is 19.4. The van der Waals surface area contributed by atoms with Crippen LogP contribution < -0.4 is 5.73 Å². The Balaban J connectivity index is 0.000000487. The summed E-state index contributed by atoms with van der Waals surface area (Å²) >= 11 is 0. The minimum Gasteiger partial charge on any atom is -0.394 e. The van der Waals surface area contributed by atoms with E-state index in [9.17, 15) is 35.1 Å². The molecule has 0 saturated heterocycles. The van der Waals surface area contributed by atoms with Crippen LogP contribution >= 0.6 is 0 Å². The van der Waals surface area contributed by atoms with Crippen molar-refractivity contribution in [2.24, 2.45) is 0 Å². The number of rotatable bonds is 0. The third-order valence-electron chi connectivity index (χ3n) is 1.24. The molecule has 0 aromatic heterocycles. The fraction of sp³-hybridized carbons (Fsp3) is 0.143. The van der Waals surface area contributed by atoms with E-state index in [0.717, 1.165) is 0 Å². The lowest BCUT2D eigenvalue weighted by Gasteiger charge is -2.02. The van der Waals surface area contributed by atoms with Gasteiger partial charge in [-0.2, -0.15) is 13.2 Å². The SMILES string of the molecule is FC(F)F.Nc1c(F)c(F)c(F)c(F)c1F. The Hall–Kier alpha value is -1.54. The molecule has 0 radical (unpaired) electrons. The highest BCUT2D eigenvalue weighted by molar-refractivity contribution is 5.42. The van der Waals surface area contributed by atoms with Crippen molar-refractivity contribution >= 4 is 5.69 Å². The molecule has 0 heterocycles. The summed E-state index contributed by atoms with van der Waals surface area (Å²) in [5.74, 6) is -10.3. The molecule has 0 amide bonds. The monoisotopic (exact) mass is 253 g/mol. The maximum absolute atomic E-state index is 12.3. The second kappa shape index (κ2) is 5.52. The molecule has 2 N–H and O–H groups in total. The first-order valence-corrected chi connectivity index (χ1v) is 3.39. The van der Waals surface area contributed by atoms with Gasteiger partial charge in [0.25, 0.3) is 0 Å². The fourth-order valence-electron chi connectivity index (χ4n) is 0.622. The first-order chi connectivity index (χ1) is 7.20. The van der Waals surface area contributed by atoms with Crippen LogP contribution in [0.25, 0.3) is 0 Å². The van der Waals surface area contributed by atoms with E-state index in [4.69, 9.17) is 0 Å². The first kappa shape index (κ1) is 14.5. The Morgan fingerprint density at radius 2 is 0.812 bits per heavy atom. The highest BCUT2D eigenvalue weighted by Crippen LogP contribution is 2.23. The van der Waals surface area contributed by atoms with E-state index in [2.05, 4.69) is 5.73 Å². The number of hydrogen-bond donors (Lipinski definition) is 1. The summed E-state index contributed by atoms with van der Waals surface area (Å²) in [6.45, 7) is -3.67. The zero-order valence-electron chi connectivity index (χ0n) is 7.18. The molecule has 0 fully saturated rings. The van der Waals surface area contributed by atoms with Crippen LogP contribution in [-0.4, -0.2) is 6.68 Å². The molecular formula is C7H3F8N. The van der Waals surface area contributed by atoms with Gasteiger partial charge >= 0.3 is 6.68 Å². The van der Waals surface area contributed by atoms with Gasteiger partial charge in [-0.25, -0.2) is 22.0 Å². The van der Waals surface area contributed by atoms with Gasteiger partial charge in [-0.05, 0) is 0 Å². The number of nitrogen functional groups attached to an aromatic ring is 1. The molecular weight excluding hydrogens is 250 g/mol. The summed E-state index contributed by atoms with van der Waals surface area (Å²) in [4.78, 5) is 0. The summed E-state index contributed by atoms with van der Waals surface area (Å²) < 4.78 is 90.1. The molecule has 1 nitrogen and oxygen atoms in total. The van der Waals surface area contributed by atoms with Crippen molar-refractivity contribution in [1.29, 1.82) is 0 Å². The quantitative estimate of drug-likeness (QED) is 0.327. The van der Waals surface area contributed by atoms with E-state index in [1.54, 1.807) is 0 Å². The molecule has 9 heteroatoms. The van der Waals surface area contributed by atoms with Crippen LogP contribution in [0, 0.1) is 29.1 Å². The molecule has 0 bridgehead atoms. The second-order valence-corrected chi connectivity index (χ2v) is 2.23. The van der Waals surface area contributed by atoms with Crippen LogP contribution in [-0.2, 0) is 0 Å². The predicted octanol–water partition coefficient (Wildman–Crippen LogP) is 3.14. The van der Waals surface area contributed by atoms with Gasteiger partial charge in [0.1, 0.15) is 5.69 Å². The van der Waals surface area contributed by atoms with Gasteiger partial charge in [0.2, 0.25) is 5.82 Å². The van der Waals surface area contributed by atoms with Gasteiger partial charge in [0.15, 0.2) is 23.3 Å². The normalized spacial score (nSPS) is 10.1. The van der Waals surface area contributed by atoms with Gasteiger partial charge in [-0.3, -0.25) is 0 Å². The molecule has 0 spiro atoms. The van der Waals surface area contributed by atoms with E-state index in [1.807, 2.05) is 0 Å². The predicted molar refractivity (Wildman–Crippen MR) is 37.8 cm³/mol. The maximum atomic E-state index is 12.3. The minimum absolute atomic E-state index is 1.37. The summed E-state index contributed by atoms with van der Waals surface area (Å²) in [5, 5.41) is 0. The average molecular weight is 253 g/mol. The summed E-state index contributed by atoms with van der Waals surface area (Å²) in [7, 11) is 0. The van der Waals surface area contributed by atoms with Gasteiger partial charge in [0, 0.05) is 0 Å². The van der Waals surface area contributed by atoms with Crippen molar-refractivity contribution in [3.63, 3.8) is 0 Å². The van der Waals surface area contributed by atoms with Crippen LogP contribution in [0.4, 0.5) is 40.8 Å². The molecule has 16 heavy (non-hydrogen) atoms. The van der Waals surface area contributed by atoms with E-state index < -0.39 is 41.5 Å².